The van der Waals surface area contributed by atoms with Crippen molar-refractivity contribution in [3.63, 3.8) is 0 Å². The number of rotatable bonds is 7. The molecule has 0 atom stereocenters. The minimum Gasteiger partial charge on any atom is -0.504 e. The smallest absolute Gasteiger partial charge is 0.275 e. The lowest BCUT2D eigenvalue weighted by Gasteiger charge is -2.04. The number of amides is 1. The third-order valence-corrected chi connectivity index (χ3v) is 4.72. The van der Waals surface area contributed by atoms with Crippen molar-refractivity contribution in [3.8, 4) is 11.4 Å². The Morgan fingerprint density at radius 2 is 1.88 bits per heavy atom. The van der Waals surface area contributed by atoms with Gasteiger partial charge in [0, 0.05) is 11.4 Å². The number of benzene rings is 2. The second kappa shape index (κ2) is 8.53. The zero-order valence-corrected chi connectivity index (χ0v) is 14.7. The van der Waals surface area contributed by atoms with Crippen LogP contribution in [-0.4, -0.2) is 33.1 Å². The molecule has 0 aliphatic rings. The van der Waals surface area contributed by atoms with E-state index in [0.29, 0.717) is 6.54 Å². The zero-order chi connectivity index (χ0) is 18.4. The third-order valence-electron chi connectivity index (χ3n) is 3.62. The van der Waals surface area contributed by atoms with Crippen LogP contribution in [0.4, 0.5) is 4.39 Å². The lowest BCUT2D eigenvalue weighted by Crippen LogP contribution is -2.25. The SMILES string of the molecule is O=C(NCCCSc1ccc(F)cc1)c1nn(-c2ccccc2)cc1O. The number of hydrogen-bond donors (Lipinski definition) is 2. The summed E-state index contributed by atoms with van der Waals surface area (Å²) in [6.45, 7) is 0.463. The van der Waals surface area contributed by atoms with Gasteiger partial charge < -0.3 is 10.4 Å². The van der Waals surface area contributed by atoms with Gasteiger partial charge in [-0.1, -0.05) is 18.2 Å². The van der Waals surface area contributed by atoms with Gasteiger partial charge in [-0.3, -0.25) is 4.79 Å². The van der Waals surface area contributed by atoms with Crippen LogP contribution in [0.2, 0.25) is 0 Å². The van der Waals surface area contributed by atoms with E-state index in [1.165, 1.54) is 23.0 Å². The second-order valence-electron chi connectivity index (χ2n) is 5.55. The first-order chi connectivity index (χ1) is 12.6. The monoisotopic (exact) mass is 371 g/mol. The first-order valence-electron chi connectivity index (χ1n) is 8.14. The molecule has 3 aromatic rings. The van der Waals surface area contributed by atoms with Crippen LogP contribution in [0.5, 0.6) is 5.75 Å². The van der Waals surface area contributed by atoms with Gasteiger partial charge in [0.05, 0.1) is 11.9 Å². The first kappa shape index (κ1) is 18.0. The second-order valence-corrected chi connectivity index (χ2v) is 6.72. The van der Waals surface area contributed by atoms with Crippen LogP contribution >= 0.6 is 11.8 Å². The largest absolute Gasteiger partial charge is 0.504 e. The Balaban J connectivity index is 1.48. The molecule has 3 rings (SSSR count). The van der Waals surface area contributed by atoms with Gasteiger partial charge in [0.15, 0.2) is 11.4 Å². The average Bonchev–Trinajstić information content (AvgIpc) is 3.05. The fourth-order valence-corrected chi connectivity index (χ4v) is 3.17. The summed E-state index contributed by atoms with van der Waals surface area (Å²) in [5.74, 6) is -0.0385. The molecule has 7 heteroatoms. The van der Waals surface area contributed by atoms with Crippen molar-refractivity contribution < 1.29 is 14.3 Å². The number of aromatic hydroxyl groups is 1. The topological polar surface area (TPSA) is 67.2 Å². The van der Waals surface area contributed by atoms with E-state index in [1.807, 2.05) is 30.3 Å². The number of hydrogen-bond acceptors (Lipinski definition) is 4. The van der Waals surface area contributed by atoms with E-state index in [9.17, 15) is 14.3 Å². The molecule has 0 fully saturated rings. The van der Waals surface area contributed by atoms with Gasteiger partial charge in [-0.05, 0) is 48.6 Å². The van der Waals surface area contributed by atoms with Crippen LogP contribution in [0.1, 0.15) is 16.9 Å². The molecule has 0 aliphatic heterocycles. The van der Waals surface area contributed by atoms with Crippen molar-refractivity contribution >= 4 is 17.7 Å². The van der Waals surface area contributed by atoms with Crippen LogP contribution < -0.4 is 5.32 Å². The lowest BCUT2D eigenvalue weighted by molar-refractivity contribution is 0.0946. The number of carbonyl (C=O) groups excluding carboxylic acids is 1. The minimum atomic E-state index is -0.413. The van der Waals surface area contributed by atoms with Crippen molar-refractivity contribution in [2.24, 2.45) is 0 Å². The Morgan fingerprint density at radius 1 is 1.15 bits per heavy atom. The highest BCUT2D eigenvalue weighted by molar-refractivity contribution is 7.99. The Kier molecular flexibility index (Phi) is 5.91. The normalized spacial score (nSPS) is 10.7. The van der Waals surface area contributed by atoms with Crippen LogP contribution in [-0.2, 0) is 0 Å². The summed E-state index contributed by atoms with van der Waals surface area (Å²) in [6.07, 6.45) is 2.16. The predicted octanol–water partition coefficient (Wildman–Crippen LogP) is 3.63. The molecule has 0 unspecified atom stereocenters. The standard InChI is InChI=1S/C19H18FN3O2S/c20-14-7-9-16(10-8-14)26-12-4-11-21-19(25)18-17(24)13-23(22-18)15-5-2-1-3-6-15/h1-3,5-10,13,24H,4,11-12H2,(H,21,25). The third kappa shape index (κ3) is 4.64. The van der Waals surface area contributed by atoms with Crippen molar-refractivity contribution in [1.29, 1.82) is 0 Å². The molecule has 26 heavy (non-hydrogen) atoms. The van der Waals surface area contributed by atoms with Crippen molar-refractivity contribution in [1.82, 2.24) is 15.1 Å². The van der Waals surface area contributed by atoms with Crippen molar-refractivity contribution in [3.05, 3.63) is 72.3 Å². The maximum Gasteiger partial charge on any atom is 0.275 e. The van der Waals surface area contributed by atoms with Crippen molar-refractivity contribution in [2.45, 2.75) is 11.3 Å². The van der Waals surface area contributed by atoms with Crippen LogP contribution in [0.25, 0.3) is 5.69 Å². The molecule has 0 saturated carbocycles. The minimum absolute atomic E-state index is 0.0000377. The maximum atomic E-state index is 12.8. The van der Waals surface area contributed by atoms with Gasteiger partial charge in [-0.2, -0.15) is 5.10 Å². The molecule has 134 valence electrons. The molecule has 0 bridgehead atoms. The summed E-state index contributed by atoms with van der Waals surface area (Å²) in [6, 6.07) is 15.6. The highest BCUT2D eigenvalue weighted by Crippen LogP contribution is 2.19. The summed E-state index contributed by atoms with van der Waals surface area (Å²) in [4.78, 5) is 13.2. The number of thioether (sulfide) groups is 1. The Morgan fingerprint density at radius 3 is 2.62 bits per heavy atom. The van der Waals surface area contributed by atoms with Gasteiger partial charge in [0.25, 0.3) is 5.91 Å². The van der Waals surface area contributed by atoms with Gasteiger partial charge in [-0.25, -0.2) is 9.07 Å². The summed E-state index contributed by atoms with van der Waals surface area (Å²) in [5, 5.41) is 16.9. The number of carbonyl (C=O) groups is 1. The highest BCUT2D eigenvalue weighted by atomic mass is 32.2. The number of halogens is 1. The molecule has 0 aliphatic carbocycles. The molecule has 0 spiro atoms. The van der Waals surface area contributed by atoms with E-state index in [1.54, 1.807) is 23.9 Å². The van der Waals surface area contributed by atoms with Gasteiger partial charge >= 0.3 is 0 Å². The molecular weight excluding hydrogens is 353 g/mol. The number of para-hydroxylation sites is 1. The van der Waals surface area contributed by atoms with Crippen LogP contribution in [0.3, 0.4) is 0 Å². The fraction of sp³-hybridized carbons (Fsp3) is 0.158. The molecule has 2 aromatic carbocycles. The molecule has 1 heterocycles. The van der Waals surface area contributed by atoms with E-state index in [-0.39, 0.29) is 17.3 Å². The fourth-order valence-electron chi connectivity index (χ4n) is 2.32. The molecule has 0 saturated heterocycles. The molecule has 1 aromatic heterocycles. The van der Waals surface area contributed by atoms with Crippen molar-refractivity contribution in [2.75, 3.05) is 12.3 Å². The summed E-state index contributed by atoms with van der Waals surface area (Å²) in [5.41, 5.74) is 0.762. The predicted molar refractivity (Wildman–Crippen MR) is 99.3 cm³/mol. The van der Waals surface area contributed by atoms with E-state index < -0.39 is 5.91 Å². The molecule has 2 N–H and O–H groups in total. The summed E-state index contributed by atoms with van der Waals surface area (Å²) < 4.78 is 14.3. The Labute approximate surface area is 154 Å². The number of aromatic nitrogens is 2. The quantitative estimate of drug-likeness (QED) is 0.492. The maximum absolute atomic E-state index is 12.8. The number of nitrogens with zero attached hydrogens (tertiary/aromatic N) is 2. The molecular formula is C19H18FN3O2S. The van der Waals surface area contributed by atoms with Gasteiger partial charge in [0.1, 0.15) is 5.82 Å². The highest BCUT2D eigenvalue weighted by Gasteiger charge is 2.16. The van der Waals surface area contributed by atoms with E-state index in [4.69, 9.17) is 0 Å². The summed E-state index contributed by atoms with van der Waals surface area (Å²) in [7, 11) is 0. The molecule has 0 radical (unpaired) electrons. The molecule has 1 amide bonds. The average molecular weight is 371 g/mol. The Bertz CT molecular complexity index is 866. The number of nitrogens with one attached hydrogen (secondary N) is 1. The van der Waals surface area contributed by atoms with Crippen LogP contribution in [0, 0.1) is 5.82 Å². The molecule has 5 nitrogen and oxygen atoms in total. The zero-order valence-electron chi connectivity index (χ0n) is 13.9. The Hall–Kier alpha value is -2.80. The van der Waals surface area contributed by atoms with Crippen LogP contribution in [0.15, 0.2) is 65.7 Å². The first-order valence-corrected chi connectivity index (χ1v) is 9.12. The lowest BCUT2D eigenvalue weighted by atomic mass is 10.3. The summed E-state index contributed by atoms with van der Waals surface area (Å²) >= 11 is 1.59. The van der Waals surface area contributed by atoms with Gasteiger partial charge in [-0.15, -0.1) is 11.8 Å². The van der Waals surface area contributed by atoms with E-state index >= 15 is 0 Å². The van der Waals surface area contributed by atoms with E-state index in [0.717, 1.165) is 22.8 Å². The van der Waals surface area contributed by atoms with E-state index in [2.05, 4.69) is 10.4 Å². The van der Waals surface area contributed by atoms with Gasteiger partial charge in [0.2, 0.25) is 0 Å².